The Morgan fingerprint density at radius 1 is 1.22 bits per heavy atom. The Balaban J connectivity index is 2.31. The molecular formula is C13H14ClN3S. The van der Waals surface area contributed by atoms with Crippen molar-refractivity contribution in [2.45, 2.75) is 23.3 Å². The van der Waals surface area contributed by atoms with Crippen LogP contribution in [0.3, 0.4) is 0 Å². The number of rotatable bonds is 4. The zero-order valence-electron chi connectivity index (χ0n) is 10.3. The maximum Gasteiger partial charge on any atom is 0.133 e. The zero-order chi connectivity index (χ0) is 13.0. The molecule has 1 aromatic carbocycles. The molecule has 2 aromatic rings. The molecule has 0 saturated heterocycles. The molecule has 1 aromatic heterocycles. The predicted octanol–water partition coefficient (Wildman–Crippen LogP) is 3.89. The first-order valence-electron chi connectivity index (χ1n) is 5.69. The van der Waals surface area contributed by atoms with Gasteiger partial charge in [-0.15, -0.1) is 0 Å². The number of aromatic nitrogens is 2. The maximum atomic E-state index is 5.88. The summed E-state index contributed by atoms with van der Waals surface area (Å²) in [5, 5.41) is 4.83. The van der Waals surface area contributed by atoms with E-state index in [1.54, 1.807) is 18.1 Å². The summed E-state index contributed by atoms with van der Waals surface area (Å²) in [7, 11) is 1.87. The van der Waals surface area contributed by atoms with Crippen molar-refractivity contribution in [3.05, 3.63) is 41.2 Å². The van der Waals surface area contributed by atoms with Crippen molar-refractivity contribution >= 4 is 29.2 Å². The Bertz CT molecular complexity index is 528. The third kappa shape index (κ3) is 2.94. The quantitative estimate of drug-likeness (QED) is 0.862. The van der Waals surface area contributed by atoms with Gasteiger partial charge in [0, 0.05) is 22.5 Å². The third-order valence-electron chi connectivity index (χ3n) is 2.52. The Hall–Kier alpha value is -1.26. The van der Waals surface area contributed by atoms with Crippen LogP contribution in [0.25, 0.3) is 0 Å². The molecule has 0 aliphatic heterocycles. The van der Waals surface area contributed by atoms with Gasteiger partial charge in [-0.3, -0.25) is 0 Å². The van der Waals surface area contributed by atoms with Crippen LogP contribution in [-0.4, -0.2) is 17.0 Å². The van der Waals surface area contributed by atoms with Crippen molar-refractivity contribution in [2.24, 2.45) is 0 Å². The highest BCUT2D eigenvalue weighted by Gasteiger charge is 2.09. The molecule has 0 bridgehead atoms. The van der Waals surface area contributed by atoms with Gasteiger partial charge in [0.1, 0.15) is 17.2 Å². The maximum absolute atomic E-state index is 5.88. The fourth-order valence-electron chi connectivity index (χ4n) is 1.63. The second-order valence-corrected chi connectivity index (χ2v) is 5.16. The fourth-order valence-corrected chi connectivity index (χ4v) is 2.72. The topological polar surface area (TPSA) is 37.8 Å². The molecule has 0 amide bonds. The molecule has 18 heavy (non-hydrogen) atoms. The van der Waals surface area contributed by atoms with Crippen LogP contribution in [0, 0.1) is 0 Å². The summed E-state index contributed by atoms with van der Waals surface area (Å²) in [6.45, 7) is 2.10. The van der Waals surface area contributed by atoms with E-state index in [1.165, 1.54) is 0 Å². The smallest absolute Gasteiger partial charge is 0.133 e. The number of benzene rings is 1. The van der Waals surface area contributed by atoms with Gasteiger partial charge in [0.25, 0.3) is 0 Å². The van der Waals surface area contributed by atoms with E-state index in [1.807, 2.05) is 31.3 Å². The third-order valence-corrected chi connectivity index (χ3v) is 3.83. The average molecular weight is 280 g/mol. The molecule has 0 fully saturated rings. The first-order valence-corrected chi connectivity index (χ1v) is 6.89. The highest BCUT2D eigenvalue weighted by molar-refractivity contribution is 7.99. The fraction of sp³-hybridized carbons (Fsp3) is 0.231. The Labute approximate surface area is 116 Å². The number of hydrogen-bond donors (Lipinski definition) is 1. The Kier molecular flexibility index (Phi) is 4.44. The standard InChI is InChI=1S/C13H14ClN3S/c1-3-11-12(15-2)16-8-17-13(11)18-10-6-4-9(14)5-7-10/h4-8H,3H2,1-2H3,(H,15,16,17). The summed E-state index contributed by atoms with van der Waals surface area (Å²) in [6.07, 6.45) is 2.48. The minimum atomic E-state index is 0.744. The average Bonchev–Trinajstić information content (AvgIpc) is 2.41. The zero-order valence-corrected chi connectivity index (χ0v) is 11.8. The number of hydrogen-bond acceptors (Lipinski definition) is 4. The van der Waals surface area contributed by atoms with E-state index < -0.39 is 0 Å². The lowest BCUT2D eigenvalue weighted by Crippen LogP contribution is -2.01. The molecule has 3 nitrogen and oxygen atoms in total. The molecule has 5 heteroatoms. The van der Waals surface area contributed by atoms with Crippen LogP contribution in [-0.2, 0) is 6.42 Å². The predicted molar refractivity (Wildman–Crippen MR) is 76.5 cm³/mol. The van der Waals surface area contributed by atoms with Gasteiger partial charge in [0.15, 0.2) is 0 Å². The molecule has 1 heterocycles. The summed E-state index contributed by atoms with van der Waals surface area (Å²) >= 11 is 7.50. The van der Waals surface area contributed by atoms with E-state index in [0.717, 1.165) is 32.7 Å². The van der Waals surface area contributed by atoms with E-state index in [-0.39, 0.29) is 0 Å². The van der Waals surface area contributed by atoms with Crippen LogP contribution in [0.15, 0.2) is 40.5 Å². The summed E-state index contributed by atoms with van der Waals surface area (Å²) in [6, 6.07) is 7.76. The first kappa shape index (κ1) is 13.2. The second-order valence-electron chi connectivity index (χ2n) is 3.67. The molecule has 0 saturated carbocycles. The Morgan fingerprint density at radius 2 is 1.94 bits per heavy atom. The minimum Gasteiger partial charge on any atom is -0.373 e. The molecular weight excluding hydrogens is 266 g/mol. The summed E-state index contributed by atoms with van der Waals surface area (Å²) in [5.74, 6) is 0.893. The number of halogens is 1. The van der Waals surface area contributed by atoms with Crippen LogP contribution in [0.5, 0.6) is 0 Å². The van der Waals surface area contributed by atoms with E-state index in [4.69, 9.17) is 11.6 Å². The van der Waals surface area contributed by atoms with E-state index >= 15 is 0 Å². The second kappa shape index (κ2) is 6.07. The van der Waals surface area contributed by atoms with Gasteiger partial charge in [0.2, 0.25) is 0 Å². The van der Waals surface area contributed by atoms with Crippen molar-refractivity contribution in [1.82, 2.24) is 9.97 Å². The van der Waals surface area contributed by atoms with Gasteiger partial charge in [-0.05, 0) is 30.7 Å². The number of anilines is 1. The molecule has 0 spiro atoms. The number of nitrogens with zero attached hydrogens (tertiary/aromatic N) is 2. The van der Waals surface area contributed by atoms with Crippen LogP contribution < -0.4 is 5.32 Å². The molecule has 2 rings (SSSR count). The molecule has 0 aliphatic carbocycles. The van der Waals surface area contributed by atoms with Crippen LogP contribution in [0.1, 0.15) is 12.5 Å². The van der Waals surface area contributed by atoms with Crippen LogP contribution in [0.4, 0.5) is 5.82 Å². The van der Waals surface area contributed by atoms with Gasteiger partial charge in [-0.25, -0.2) is 9.97 Å². The van der Waals surface area contributed by atoms with Crippen molar-refractivity contribution < 1.29 is 0 Å². The monoisotopic (exact) mass is 279 g/mol. The van der Waals surface area contributed by atoms with Gasteiger partial charge in [-0.1, -0.05) is 30.3 Å². The normalized spacial score (nSPS) is 10.4. The SMILES string of the molecule is CCc1c(NC)ncnc1Sc1ccc(Cl)cc1. The summed E-state index contributed by atoms with van der Waals surface area (Å²) in [4.78, 5) is 9.70. The highest BCUT2D eigenvalue weighted by Crippen LogP contribution is 2.31. The van der Waals surface area contributed by atoms with Gasteiger partial charge < -0.3 is 5.32 Å². The largest absolute Gasteiger partial charge is 0.373 e. The molecule has 1 N–H and O–H groups in total. The van der Waals surface area contributed by atoms with E-state index in [9.17, 15) is 0 Å². The summed E-state index contributed by atoms with van der Waals surface area (Å²) < 4.78 is 0. The van der Waals surface area contributed by atoms with E-state index in [2.05, 4.69) is 22.2 Å². The van der Waals surface area contributed by atoms with Crippen molar-refractivity contribution in [1.29, 1.82) is 0 Å². The molecule has 0 radical (unpaired) electrons. The molecule has 0 aliphatic rings. The lowest BCUT2D eigenvalue weighted by atomic mass is 10.2. The van der Waals surface area contributed by atoms with Gasteiger partial charge in [-0.2, -0.15) is 0 Å². The minimum absolute atomic E-state index is 0.744. The number of nitrogens with one attached hydrogen (secondary N) is 1. The van der Waals surface area contributed by atoms with Crippen molar-refractivity contribution in [3.8, 4) is 0 Å². The highest BCUT2D eigenvalue weighted by atomic mass is 35.5. The lowest BCUT2D eigenvalue weighted by Gasteiger charge is -2.10. The van der Waals surface area contributed by atoms with E-state index in [0.29, 0.717) is 0 Å². The van der Waals surface area contributed by atoms with Gasteiger partial charge >= 0.3 is 0 Å². The van der Waals surface area contributed by atoms with Crippen molar-refractivity contribution in [3.63, 3.8) is 0 Å². The van der Waals surface area contributed by atoms with Crippen LogP contribution in [0.2, 0.25) is 5.02 Å². The first-order chi connectivity index (χ1) is 8.74. The van der Waals surface area contributed by atoms with Crippen molar-refractivity contribution in [2.75, 3.05) is 12.4 Å². The summed E-state index contributed by atoms with van der Waals surface area (Å²) in [5.41, 5.74) is 1.14. The lowest BCUT2D eigenvalue weighted by molar-refractivity contribution is 0.946. The molecule has 0 unspecified atom stereocenters. The van der Waals surface area contributed by atoms with Gasteiger partial charge in [0.05, 0.1) is 0 Å². The molecule has 94 valence electrons. The molecule has 0 atom stereocenters. The van der Waals surface area contributed by atoms with Crippen LogP contribution >= 0.6 is 23.4 Å². The Morgan fingerprint density at radius 3 is 2.56 bits per heavy atom.